The van der Waals surface area contributed by atoms with Crippen LogP contribution < -0.4 is 10.1 Å². The van der Waals surface area contributed by atoms with E-state index in [4.69, 9.17) is 9.47 Å². The monoisotopic (exact) mass is 337 g/mol. The van der Waals surface area contributed by atoms with Gasteiger partial charge in [0.1, 0.15) is 5.60 Å². The summed E-state index contributed by atoms with van der Waals surface area (Å²) in [5, 5.41) is 2.82. The predicted octanol–water partition coefficient (Wildman–Crippen LogP) is 2.35. The van der Waals surface area contributed by atoms with Crippen molar-refractivity contribution >= 4 is 12.0 Å². The van der Waals surface area contributed by atoms with Crippen LogP contribution in [0.3, 0.4) is 0 Å². The zero-order chi connectivity index (χ0) is 18.2. The van der Waals surface area contributed by atoms with E-state index < -0.39 is 5.60 Å². The average Bonchev–Trinajstić information content (AvgIpc) is 2.51. The van der Waals surface area contributed by atoms with E-state index in [9.17, 15) is 9.59 Å². The maximum Gasteiger partial charge on any atom is 0.410 e. The summed E-state index contributed by atoms with van der Waals surface area (Å²) in [6.07, 6.45) is 2.14. The van der Waals surface area contributed by atoms with Crippen LogP contribution in [0.4, 0.5) is 4.79 Å². The summed E-state index contributed by atoms with van der Waals surface area (Å²) < 4.78 is 10.4. The number of aromatic nitrogens is 1. The van der Waals surface area contributed by atoms with Crippen LogP contribution in [0.1, 0.15) is 39.2 Å². The maximum absolute atomic E-state index is 11.9. The molecule has 0 fully saturated rings. The van der Waals surface area contributed by atoms with E-state index in [2.05, 4.69) is 10.3 Å². The average molecular weight is 337 g/mol. The summed E-state index contributed by atoms with van der Waals surface area (Å²) >= 11 is 0. The number of carbonyl (C=O) groups excluding carboxylic acids is 2. The van der Waals surface area contributed by atoms with Crippen LogP contribution in [0.25, 0.3) is 0 Å². The zero-order valence-corrected chi connectivity index (χ0v) is 15.1. The number of amides is 2. The SMILES string of the molecule is COc1ncccc1CNC(=O)CCCN(C)C(=O)OC(C)(C)C. The fourth-order valence-electron chi connectivity index (χ4n) is 1.93. The highest BCUT2D eigenvalue weighted by Gasteiger charge is 2.19. The molecule has 0 saturated heterocycles. The Kier molecular flexibility index (Phi) is 7.48. The van der Waals surface area contributed by atoms with Gasteiger partial charge >= 0.3 is 6.09 Å². The minimum atomic E-state index is -0.522. The van der Waals surface area contributed by atoms with Crippen molar-refractivity contribution in [1.82, 2.24) is 15.2 Å². The first kappa shape index (κ1) is 19.7. The Morgan fingerprint density at radius 3 is 2.67 bits per heavy atom. The van der Waals surface area contributed by atoms with Crippen LogP contribution >= 0.6 is 0 Å². The molecule has 1 aromatic heterocycles. The Bertz CT molecular complexity index is 555. The molecular weight excluding hydrogens is 310 g/mol. The molecule has 24 heavy (non-hydrogen) atoms. The van der Waals surface area contributed by atoms with Crippen LogP contribution in [0.15, 0.2) is 18.3 Å². The molecule has 0 aliphatic rings. The van der Waals surface area contributed by atoms with E-state index in [1.807, 2.05) is 26.8 Å². The minimum Gasteiger partial charge on any atom is -0.481 e. The molecule has 0 bridgehead atoms. The Hall–Kier alpha value is -2.31. The summed E-state index contributed by atoms with van der Waals surface area (Å²) in [6.45, 7) is 6.27. The molecule has 7 nitrogen and oxygen atoms in total. The molecule has 0 saturated carbocycles. The second-order valence-corrected chi connectivity index (χ2v) is 6.45. The summed E-state index contributed by atoms with van der Waals surface area (Å²) in [7, 11) is 3.20. The molecule has 1 heterocycles. The number of methoxy groups -OCH3 is 1. The normalized spacial score (nSPS) is 10.9. The first-order valence-corrected chi connectivity index (χ1v) is 7.91. The number of pyridine rings is 1. The first-order valence-electron chi connectivity index (χ1n) is 7.91. The lowest BCUT2D eigenvalue weighted by molar-refractivity contribution is -0.121. The second kappa shape index (κ2) is 9.10. The number of nitrogens with one attached hydrogen (secondary N) is 1. The highest BCUT2D eigenvalue weighted by molar-refractivity contribution is 5.76. The fourth-order valence-corrected chi connectivity index (χ4v) is 1.93. The standard InChI is InChI=1S/C17H27N3O4/c1-17(2,3)24-16(22)20(4)11-7-9-14(21)19-12-13-8-6-10-18-15(13)23-5/h6,8,10H,7,9,11-12H2,1-5H3,(H,19,21). The van der Waals surface area contributed by atoms with Gasteiger partial charge in [0.15, 0.2) is 0 Å². The molecule has 0 aliphatic heterocycles. The summed E-state index contributed by atoms with van der Waals surface area (Å²) in [5.41, 5.74) is 0.296. The molecule has 1 rings (SSSR count). The lowest BCUT2D eigenvalue weighted by Crippen LogP contribution is -2.35. The summed E-state index contributed by atoms with van der Waals surface area (Å²) in [4.78, 5) is 29.2. The lowest BCUT2D eigenvalue weighted by atomic mass is 10.2. The van der Waals surface area contributed by atoms with Crippen molar-refractivity contribution in [3.8, 4) is 5.88 Å². The minimum absolute atomic E-state index is 0.0847. The van der Waals surface area contributed by atoms with Crippen molar-refractivity contribution < 1.29 is 19.1 Å². The van der Waals surface area contributed by atoms with E-state index in [-0.39, 0.29) is 12.0 Å². The molecule has 0 aromatic carbocycles. The molecule has 1 N–H and O–H groups in total. The van der Waals surface area contributed by atoms with Crippen LogP contribution in [0.5, 0.6) is 5.88 Å². The van der Waals surface area contributed by atoms with Gasteiger partial charge in [-0.1, -0.05) is 6.07 Å². The smallest absolute Gasteiger partial charge is 0.410 e. The molecule has 0 spiro atoms. The molecule has 134 valence electrons. The van der Waals surface area contributed by atoms with Crippen molar-refractivity contribution in [2.24, 2.45) is 0 Å². The maximum atomic E-state index is 11.9. The number of ether oxygens (including phenoxy) is 2. The van der Waals surface area contributed by atoms with E-state index in [0.717, 1.165) is 5.56 Å². The molecule has 0 atom stereocenters. The van der Waals surface area contributed by atoms with Crippen LogP contribution in [-0.2, 0) is 16.1 Å². The van der Waals surface area contributed by atoms with E-state index in [0.29, 0.717) is 31.8 Å². The highest BCUT2D eigenvalue weighted by Crippen LogP contribution is 2.13. The Morgan fingerprint density at radius 1 is 1.33 bits per heavy atom. The quantitative estimate of drug-likeness (QED) is 0.826. The summed E-state index contributed by atoms with van der Waals surface area (Å²) in [6, 6.07) is 3.64. The highest BCUT2D eigenvalue weighted by atomic mass is 16.6. The lowest BCUT2D eigenvalue weighted by Gasteiger charge is -2.24. The van der Waals surface area contributed by atoms with Crippen molar-refractivity contribution in [3.05, 3.63) is 23.9 Å². The van der Waals surface area contributed by atoms with E-state index >= 15 is 0 Å². The van der Waals surface area contributed by atoms with Gasteiger partial charge in [-0.3, -0.25) is 4.79 Å². The van der Waals surface area contributed by atoms with E-state index in [1.54, 1.807) is 26.4 Å². The van der Waals surface area contributed by atoms with Crippen molar-refractivity contribution in [2.75, 3.05) is 20.7 Å². The summed E-state index contributed by atoms with van der Waals surface area (Å²) in [5.74, 6) is 0.418. The molecular formula is C17H27N3O4. The second-order valence-electron chi connectivity index (χ2n) is 6.45. The first-order chi connectivity index (χ1) is 11.2. The van der Waals surface area contributed by atoms with Gasteiger partial charge in [0.2, 0.25) is 11.8 Å². The number of hydrogen-bond donors (Lipinski definition) is 1. The van der Waals surface area contributed by atoms with Gasteiger partial charge in [-0.25, -0.2) is 9.78 Å². The Labute approximate surface area is 143 Å². The van der Waals surface area contributed by atoms with Gasteiger partial charge in [-0.15, -0.1) is 0 Å². The van der Waals surface area contributed by atoms with Crippen LogP contribution in [-0.4, -0.2) is 48.2 Å². The van der Waals surface area contributed by atoms with Crippen molar-refractivity contribution in [1.29, 1.82) is 0 Å². The van der Waals surface area contributed by atoms with Gasteiger partial charge in [0, 0.05) is 38.3 Å². The van der Waals surface area contributed by atoms with E-state index in [1.165, 1.54) is 4.90 Å². The van der Waals surface area contributed by atoms with Crippen molar-refractivity contribution in [2.45, 2.75) is 45.8 Å². The van der Waals surface area contributed by atoms with Gasteiger partial charge in [-0.2, -0.15) is 0 Å². The van der Waals surface area contributed by atoms with Crippen LogP contribution in [0.2, 0.25) is 0 Å². The number of nitrogens with zero attached hydrogens (tertiary/aromatic N) is 2. The van der Waals surface area contributed by atoms with Gasteiger partial charge in [0.05, 0.1) is 7.11 Å². The Balaban J connectivity index is 2.30. The molecule has 7 heteroatoms. The third-order valence-electron chi connectivity index (χ3n) is 3.12. The zero-order valence-electron chi connectivity index (χ0n) is 15.1. The molecule has 2 amide bonds. The molecule has 0 aliphatic carbocycles. The van der Waals surface area contributed by atoms with Gasteiger partial charge in [0.25, 0.3) is 0 Å². The number of rotatable bonds is 7. The van der Waals surface area contributed by atoms with Gasteiger partial charge in [-0.05, 0) is 33.3 Å². The topological polar surface area (TPSA) is 80.8 Å². The van der Waals surface area contributed by atoms with Crippen molar-refractivity contribution in [3.63, 3.8) is 0 Å². The largest absolute Gasteiger partial charge is 0.481 e. The number of carbonyl (C=O) groups is 2. The molecule has 0 radical (unpaired) electrons. The van der Waals surface area contributed by atoms with Crippen LogP contribution in [0, 0.1) is 0 Å². The van der Waals surface area contributed by atoms with Gasteiger partial charge < -0.3 is 19.7 Å². The molecule has 1 aromatic rings. The Morgan fingerprint density at radius 2 is 2.04 bits per heavy atom. The third kappa shape index (κ3) is 7.30. The third-order valence-corrected chi connectivity index (χ3v) is 3.12. The predicted molar refractivity (Wildman–Crippen MR) is 90.7 cm³/mol. The number of hydrogen-bond acceptors (Lipinski definition) is 5. The molecule has 0 unspecified atom stereocenters. The fraction of sp³-hybridized carbons (Fsp3) is 0.588.